The molecule has 1 aliphatic rings. The molecule has 4 nitrogen and oxygen atoms in total. The van der Waals surface area contributed by atoms with Gasteiger partial charge in [-0.15, -0.1) is 0 Å². The predicted molar refractivity (Wildman–Crippen MR) is 86.9 cm³/mol. The van der Waals surface area contributed by atoms with Crippen LogP contribution < -0.4 is 5.32 Å². The average molecular weight is 349 g/mol. The highest BCUT2D eigenvalue weighted by Crippen LogP contribution is 2.24. The van der Waals surface area contributed by atoms with Crippen molar-refractivity contribution in [2.24, 2.45) is 5.92 Å². The molecule has 0 radical (unpaired) electrons. The van der Waals surface area contributed by atoms with Gasteiger partial charge in [-0.1, -0.05) is 24.6 Å². The molecule has 0 amide bonds. The molecule has 1 heterocycles. The van der Waals surface area contributed by atoms with Gasteiger partial charge in [0.2, 0.25) is 10.0 Å². The van der Waals surface area contributed by atoms with Gasteiger partial charge in [0.1, 0.15) is 5.82 Å². The summed E-state index contributed by atoms with van der Waals surface area (Å²) in [5.41, 5.74) is 0.921. The summed E-state index contributed by atoms with van der Waals surface area (Å²) in [6.07, 6.45) is 2.00. The number of rotatable bonds is 4. The number of halogens is 2. The lowest BCUT2D eigenvalue weighted by Gasteiger charge is -2.37. The van der Waals surface area contributed by atoms with E-state index >= 15 is 0 Å². The van der Waals surface area contributed by atoms with Gasteiger partial charge in [-0.2, -0.15) is 0 Å². The Morgan fingerprint density at radius 3 is 2.68 bits per heavy atom. The molecule has 2 rings (SSSR count). The summed E-state index contributed by atoms with van der Waals surface area (Å²) < 4.78 is 38.0. The van der Waals surface area contributed by atoms with Crippen molar-refractivity contribution in [1.82, 2.24) is 9.62 Å². The normalized spacial score (nSPS) is 25.1. The minimum Gasteiger partial charge on any atom is -0.307 e. The largest absolute Gasteiger partial charge is 0.307 e. The van der Waals surface area contributed by atoms with Crippen LogP contribution in [0.15, 0.2) is 18.2 Å². The lowest BCUT2D eigenvalue weighted by Crippen LogP contribution is -2.50. The third-order valence-electron chi connectivity index (χ3n) is 4.24. The number of benzene rings is 1. The van der Waals surface area contributed by atoms with Crippen LogP contribution in [0.25, 0.3) is 0 Å². The van der Waals surface area contributed by atoms with Crippen LogP contribution in [-0.4, -0.2) is 38.1 Å². The van der Waals surface area contributed by atoms with Crippen molar-refractivity contribution < 1.29 is 12.8 Å². The minimum absolute atomic E-state index is 0.0235. The molecular formula is C15H22ClFN2O2S. The Kier molecular flexibility index (Phi) is 5.48. The third kappa shape index (κ3) is 4.19. The molecule has 1 aromatic carbocycles. The molecule has 0 aromatic heterocycles. The van der Waals surface area contributed by atoms with Crippen molar-refractivity contribution in [2.45, 2.75) is 32.4 Å². The zero-order valence-corrected chi connectivity index (χ0v) is 14.6. The molecule has 0 unspecified atom stereocenters. The van der Waals surface area contributed by atoms with Gasteiger partial charge < -0.3 is 5.32 Å². The summed E-state index contributed by atoms with van der Waals surface area (Å²) in [6.45, 7) is 5.09. The van der Waals surface area contributed by atoms with Crippen LogP contribution in [0.1, 0.15) is 31.9 Å². The molecule has 124 valence electrons. The highest BCUT2D eigenvalue weighted by molar-refractivity contribution is 7.88. The van der Waals surface area contributed by atoms with Crippen LogP contribution in [-0.2, 0) is 10.0 Å². The van der Waals surface area contributed by atoms with Gasteiger partial charge in [0.25, 0.3) is 0 Å². The fourth-order valence-corrected chi connectivity index (χ4v) is 3.99. The monoisotopic (exact) mass is 348 g/mol. The summed E-state index contributed by atoms with van der Waals surface area (Å²) in [5, 5.41) is 3.62. The van der Waals surface area contributed by atoms with Crippen molar-refractivity contribution in [3.63, 3.8) is 0 Å². The Bertz CT molecular complexity index is 638. The van der Waals surface area contributed by atoms with E-state index in [1.165, 1.54) is 16.6 Å². The molecular weight excluding hydrogens is 327 g/mol. The van der Waals surface area contributed by atoms with E-state index in [2.05, 4.69) is 5.32 Å². The fourth-order valence-electron chi connectivity index (χ4n) is 2.86. The first-order chi connectivity index (χ1) is 10.2. The number of piperidine rings is 1. The molecule has 1 fully saturated rings. The van der Waals surface area contributed by atoms with Crippen LogP contribution in [0.3, 0.4) is 0 Å². The number of hydrogen-bond acceptors (Lipinski definition) is 3. The maximum atomic E-state index is 13.2. The fraction of sp³-hybridized carbons (Fsp3) is 0.600. The van der Waals surface area contributed by atoms with E-state index in [4.69, 9.17) is 11.6 Å². The zero-order valence-electron chi connectivity index (χ0n) is 13.0. The number of nitrogens with one attached hydrogen (secondary N) is 1. The molecule has 0 bridgehead atoms. The second-order valence-electron chi connectivity index (χ2n) is 6.06. The summed E-state index contributed by atoms with van der Waals surface area (Å²) >= 11 is 5.82. The Morgan fingerprint density at radius 2 is 2.14 bits per heavy atom. The summed E-state index contributed by atoms with van der Waals surface area (Å²) in [7, 11) is -3.13. The van der Waals surface area contributed by atoms with Gasteiger partial charge in [0, 0.05) is 25.2 Å². The van der Waals surface area contributed by atoms with Crippen molar-refractivity contribution in [3.8, 4) is 0 Å². The highest BCUT2D eigenvalue weighted by atomic mass is 35.5. The van der Waals surface area contributed by atoms with Crippen molar-refractivity contribution in [1.29, 1.82) is 0 Å². The van der Waals surface area contributed by atoms with E-state index in [-0.39, 0.29) is 23.0 Å². The zero-order chi connectivity index (χ0) is 16.5. The van der Waals surface area contributed by atoms with Gasteiger partial charge in [0.05, 0.1) is 11.3 Å². The SMILES string of the molecule is C[C@H](N[C@H]1CCN(S(C)(=O)=O)C[C@@H]1C)c1ccc(F)c(Cl)c1. The Labute approximate surface area is 136 Å². The van der Waals surface area contributed by atoms with Crippen molar-refractivity contribution in [2.75, 3.05) is 19.3 Å². The van der Waals surface area contributed by atoms with Crippen LogP contribution >= 0.6 is 11.6 Å². The molecule has 0 spiro atoms. The minimum atomic E-state index is -3.13. The summed E-state index contributed by atoms with van der Waals surface area (Å²) in [6, 6.07) is 4.96. The Hall–Kier alpha value is -0.690. The van der Waals surface area contributed by atoms with Crippen LogP contribution in [0.2, 0.25) is 5.02 Å². The van der Waals surface area contributed by atoms with E-state index in [0.717, 1.165) is 12.0 Å². The highest BCUT2D eigenvalue weighted by Gasteiger charge is 2.31. The van der Waals surface area contributed by atoms with Crippen molar-refractivity contribution in [3.05, 3.63) is 34.6 Å². The quantitative estimate of drug-likeness (QED) is 0.910. The smallest absolute Gasteiger partial charge is 0.211 e. The van der Waals surface area contributed by atoms with Crippen LogP contribution in [0.5, 0.6) is 0 Å². The topological polar surface area (TPSA) is 49.4 Å². The average Bonchev–Trinajstić information content (AvgIpc) is 2.42. The van der Waals surface area contributed by atoms with Crippen LogP contribution in [0, 0.1) is 11.7 Å². The van der Waals surface area contributed by atoms with E-state index in [9.17, 15) is 12.8 Å². The molecule has 7 heteroatoms. The Morgan fingerprint density at radius 1 is 1.45 bits per heavy atom. The molecule has 1 aliphatic heterocycles. The van der Waals surface area contributed by atoms with E-state index in [1.807, 2.05) is 13.8 Å². The second kappa shape index (κ2) is 6.83. The molecule has 1 N–H and O–H groups in total. The lowest BCUT2D eigenvalue weighted by molar-refractivity contribution is 0.210. The Balaban J connectivity index is 2.00. The number of hydrogen-bond donors (Lipinski definition) is 1. The van der Waals surface area contributed by atoms with Gasteiger partial charge in [-0.25, -0.2) is 17.1 Å². The first-order valence-corrected chi connectivity index (χ1v) is 9.57. The first-order valence-electron chi connectivity index (χ1n) is 7.34. The molecule has 0 aliphatic carbocycles. The van der Waals surface area contributed by atoms with E-state index in [1.54, 1.807) is 12.1 Å². The van der Waals surface area contributed by atoms with Crippen molar-refractivity contribution >= 4 is 21.6 Å². The molecule has 22 heavy (non-hydrogen) atoms. The maximum absolute atomic E-state index is 13.2. The van der Waals surface area contributed by atoms with Gasteiger partial charge in [-0.3, -0.25) is 0 Å². The number of nitrogens with zero attached hydrogens (tertiary/aromatic N) is 1. The summed E-state index contributed by atoms with van der Waals surface area (Å²) in [4.78, 5) is 0. The predicted octanol–water partition coefficient (Wildman–Crippen LogP) is 2.80. The van der Waals surface area contributed by atoms with Gasteiger partial charge >= 0.3 is 0 Å². The molecule has 3 atom stereocenters. The second-order valence-corrected chi connectivity index (χ2v) is 8.44. The number of sulfonamides is 1. The van der Waals surface area contributed by atoms with Crippen LogP contribution in [0.4, 0.5) is 4.39 Å². The molecule has 1 saturated heterocycles. The molecule has 0 saturated carbocycles. The van der Waals surface area contributed by atoms with E-state index in [0.29, 0.717) is 13.1 Å². The molecule has 1 aromatic rings. The first kappa shape index (κ1) is 17.7. The van der Waals surface area contributed by atoms with Gasteiger partial charge in [0.15, 0.2) is 0 Å². The standard InChI is InChI=1S/C15H22ClFN2O2S/c1-10-9-19(22(3,20)21)7-6-15(10)18-11(2)12-4-5-14(17)13(16)8-12/h4-5,8,10-11,15,18H,6-7,9H2,1-3H3/t10-,11-,15-/m0/s1. The maximum Gasteiger partial charge on any atom is 0.211 e. The third-order valence-corrected chi connectivity index (χ3v) is 5.80. The van der Waals surface area contributed by atoms with Gasteiger partial charge in [-0.05, 0) is 37.0 Å². The summed E-state index contributed by atoms with van der Waals surface area (Å²) in [5.74, 6) is -0.214. The van der Waals surface area contributed by atoms with E-state index < -0.39 is 15.8 Å². The lowest BCUT2D eigenvalue weighted by atomic mass is 9.93.